The Morgan fingerprint density at radius 1 is 1.39 bits per heavy atom. The molecule has 0 saturated carbocycles. The Bertz CT molecular complexity index is 380. The summed E-state index contributed by atoms with van der Waals surface area (Å²) in [7, 11) is 0. The van der Waals surface area contributed by atoms with Gasteiger partial charge in [-0.15, -0.1) is 0 Å². The molecule has 0 aliphatic rings. The lowest BCUT2D eigenvalue weighted by atomic mass is 10.2. The number of carbonyl (C=O) groups is 1. The van der Waals surface area contributed by atoms with E-state index in [-0.39, 0.29) is 11.5 Å². The van der Waals surface area contributed by atoms with Gasteiger partial charge in [-0.25, -0.2) is 4.39 Å². The topological polar surface area (TPSA) is 29.1 Å². The molecule has 0 aliphatic heterocycles. The number of hydrogen-bond donors (Lipinski definition) is 1. The minimum absolute atomic E-state index is 0.0848. The number of halogens is 2. The molecule has 0 atom stereocenters. The molecule has 0 fully saturated rings. The Hall–Kier alpha value is -0.550. The van der Waals surface area contributed by atoms with Gasteiger partial charge >= 0.3 is 0 Å². The van der Waals surface area contributed by atoms with Crippen molar-refractivity contribution in [3.8, 4) is 0 Å². The molecule has 0 spiro atoms. The van der Waals surface area contributed by atoms with Crippen LogP contribution < -0.4 is 5.32 Å². The summed E-state index contributed by atoms with van der Waals surface area (Å²) in [5.74, 6) is 0.293. The van der Waals surface area contributed by atoms with Crippen molar-refractivity contribution in [2.75, 3.05) is 18.6 Å². The highest BCUT2D eigenvalue weighted by Crippen LogP contribution is 2.19. The molecule has 1 aromatic carbocycles. The molecular weight excluding hydrogens is 317 g/mol. The van der Waals surface area contributed by atoms with Crippen molar-refractivity contribution in [1.82, 2.24) is 5.32 Å². The number of hydrogen-bond acceptors (Lipinski definition) is 2. The van der Waals surface area contributed by atoms with E-state index in [4.69, 9.17) is 0 Å². The normalized spacial score (nSPS) is 10.4. The average Bonchev–Trinajstić information content (AvgIpc) is 2.33. The SMILES string of the molecule is CSCCCCCNC(=O)c1c(F)cccc1Br. The van der Waals surface area contributed by atoms with Gasteiger partial charge in [-0.2, -0.15) is 11.8 Å². The van der Waals surface area contributed by atoms with E-state index in [2.05, 4.69) is 27.5 Å². The molecule has 0 unspecified atom stereocenters. The maximum absolute atomic E-state index is 13.5. The number of rotatable bonds is 7. The fourth-order valence-corrected chi connectivity index (χ4v) is 2.57. The van der Waals surface area contributed by atoms with E-state index in [9.17, 15) is 9.18 Å². The van der Waals surface area contributed by atoms with Crippen LogP contribution in [0.25, 0.3) is 0 Å². The summed E-state index contributed by atoms with van der Waals surface area (Å²) in [6.45, 7) is 0.591. The van der Waals surface area contributed by atoms with Crippen LogP contribution in [0.5, 0.6) is 0 Å². The molecule has 0 heterocycles. The maximum atomic E-state index is 13.5. The van der Waals surface area contributed by atoms with Crippen molar-refractivity contribution >= 4 is 33.6 Å². The lowest BCUT2D eigenvalue weighted by Crippen LogP contribution is -2.25. The summed E-state index contributed by atoms with van der Waals surface area (Å²) in [6, 6.07) is 4.52. The molecular formula is C13H17BrFNOS. The molecule has 1 N–H and O–H groups in total. The van der Waals surface area contributed by atoms with Gasteiger partial charge in [0.1, 0.15) is 5.82 Å². The Balaban J connectivity index is 2.37. The molecule has 0 bridgehead atoms. The average molecular weight is 334 g/mol. The van der Waals surface area contributed by atoms with Crippen LogP contribution >= 0.6 is 27.7 Å². The third-order valence-electron chi connectivity index (χ3n) is 2.50. The summed E-state index contributed by atoms with van der Waals surface area (Å²) in [5, 5.41) is 2.74. The Kier molecular flexibility index (Phi) is 7.35. The van der Waals surface area contributed by atoms with E-state index < -0.39 is 5.82 Å². The largest absolute Gasteiger partial charge is 0.352 e. The van der Waals surface area contributed by atoms with Crippen LogP contribution in [-0.4, -0.2) is 24.5 Å². The van der Waals surface area contributed by atoms with Gasteiger partial charge in [-0.1, -0.05) is 12.5 Å². The molecule has 1 amide bonds. The number of nitrogens with one attached hydrogen (secondary N) is 1. The Morgan fingerprint density at radius 2 is 2.17 bits per heavy atom. The Morgan fingerprint density at radius 3 is 2.83 bits per heavy atom. The van der Waals surface area contributed by atoms with Crippen LogP contribution in [-0.2, 0) is 0 Å². The van der Waals surface area contributed by atoms with Gasteiger partial charge in [0.15, 0.2) is 0 Å². The van der Waals surface area contributed by atoms with Crippen LogP contribution in [0, 0.1) is 5.82 Å². The van der Waals surface area contributed by atoms with Gasteiger partial charge in [-0.05, 0) is 52.9 Å². The smallest absolute Gasteiger partial charge is 0.255 e. The van der Waals surface area contributed by atoms with Gasteiger partial charge in [0.05, 0.1) is 5.56 Å². The molecule has 1 aromatic rings. The zero-order valence-corrected chi connectivity index (χ0v) is 12.7. The van der Waals surface area contributed by atoms with E-state index in [1.54, 1.807) is 12.1 Å². The van der Waals surface area contributed by atoms with Crippen LogP contribution in [0.4, 0.5) is 4.39 Å². The van der Waals surface area contributed by atoms with E-state index >= 15 is 0 Å². The maximum Gasteiger partial charge on any atom is 0.255 e. The van der Waals surface area contributed by atoms with Gasteiger partial charge in [0.2, 0.25) is 0 Å². The summed E-state index contributed by atoms with van der Waals surface area (Å²) in [4.78, 5) is 11.8. The number of thioether (sulfide) groups is 1. The molecule has 1 rings (SSSR count). The van der Waals surface area contributed by atoms with Crippen molar-refractivity contribution < 1.29 is 9.18 Å². The van der Waals surface area contributed by atoms with Crippen LogP contribution in [0.15, 0.2) is 22.7 Å². The monoisotopic (exact) mass is 333 g/mol. The second-order valence-corrected chi connectivity index (χ2v) is 5.75. The van der Waals surface area contributed by atoms with E-state index in [0.29, 0.717) is 11.0 Å². The van der Waals surface area contributed by atoms with Crippen molar-refractivity contribution in [2.24, 2.45) is 0 Å². The van der Waals surface area contributed by atoms with E-state index in [1.807, 2.05) is 11.8 Å². The van der Waals surface area contributed by atoms with Gasteiger partial charge in [0.25, 0.3) is 5.91 Å². The Labute approximate surface area is 120 Å². The summed E-state index contributed by atoms with van der Waals surface area (Å²) in [6.07, 6.45) is 5.25. The van der Waals surface area contributed by atoms with Gasteiger partial charge in [-0.3, -0.25) is 4.79 Å². The first-order valence-corrected chi connectivity index (χ1v) is 8.06. The molecule has 0 radical (unpaired) electrons. The highest BCUT2D eigenvalue weighted by Gasteiger charge is 2.14. The first-order valence-electron chi connectivity index (χ1n) is 5.88. The zero-order valence-electron chi connectivity index (χ0n) is 10.3. The number of carbonyl (C=O) groups excluding carboxylic acids is 1. The second-order valence-electron chi connectivity index (χ2n) is 3.91. The first kappa shape index (κ1) is 15.5. The van der Waals surface area contributed by atoms with Gasteiger partial charge < -0.3 is 5.32 Å². The fourth-order valence-electron chi connectivity index (χ4n) is 1.55. The molecule has 18 heavy (non-hydrogen) atoms. The number of amides is 1. The first-order chi connectivity index (χ1) is 8.66. The summed E-state index contributed by atoms with van der Waals surface area (Å²) in [5.41, 5.74) is 0.0848. The summed E-state index contributed by atoms with van der Waals surface area (Å²) >= 11 is 5.01. The predicted molar refractivity (Wildman–Crippen MR) is 78.7 cm³/mol. The van der Waals surface area contributed by atoms with Crippen LogP contribution in [0.3, 0.4) is 0 Å². The number of benzene rings is 1. The predicted octanol–water partition coefficient (Wildman–Crippen LogP) is 3.85. The quantitative estimate of drug-likeness (QED) is 0.768. The van der Waals surface area contributed by atoms with Crippen molar-refractivity contribution in [3.63, 3.8) is 0 Å². The summed E-state index contributed by atoms with van der Waals surface area (Å²) < 4.78 is 14.0. The molecule has 100 valence electrons. The molecule has 5 heteroatoms. The molecule has 0 aromatic heterocycles. The standard InChI is InChI=1S/C13H17BrFNOS/c1-18-9-4-2-3-8-16-13(17)12-10(14)6-5-7-11(12)15/h5-7H,2-4,8-9H2,1H3,(H,16,17). The van der Waals surface area contributed by atoms with Crippen molar-refractivity contribution in [2.45, 2.75) is 19.3 Å². The van der Waals surface area contributed by atoms with Crippen molar-refractivity contribution in [3.05, 3.63) is 34.1 Å². The minimum Gasteiger partial charge on any atom is -0.352 e. The van der Waals surface area contributed by atoms with Crippen molar-refractivity contribution in [1.29, 1.82) is 0 Å². The lowest BCUT2D eigenvalue weighted by molar-refractivity contribution is 0.0948. The molecule has 0 aliphatic carbocycles. The van der Waals surface area contributed by atoms with Gasteiger partial charge in [0, 0.05) is 11.0 Å². The van der Waals surface area contributed by atoms with E-state index in [1.165, 1.54) is 6.07 Å². The number of unbranched alkanes of at least 4 members (excludes halogenated alkanes) is 2. The fraction of sp³-hybridized carbons (Fsp3) is 0.462. The molecule has 2 nitrogen and oxygen atoms in total. The minimum atomic E-state index is -0.496. The third kappa shape index (κ3) is 4.98. The molecule has 0 saturated heterocycles. The van der Waals surface area contributed by atoms with E-state index in [0.717, 1.165) is 25.0 Å². The third-order valence-corrected chi connectivity index (χ3v) is 3.86. The van der Waals surface area contributed by atoms with Crippen LogP contribution in [0.1, 0.15) is 29.6 Å². The highest BCUT2D eigenvalue weighted by atomic mass is 79.9. The highest BCUT2D eigenvalue weighted by molar-refractivity contribution is 9.10. The lowest BCUT2D eigenvalue weighted by Gasteiger charge is -2.07. The van der Waals surface area contributed by atoms with Crippen LogP contribution in [0.2, 0.25) is 0 Å². The second kappa shape index (κ2) is 8.53. The zero-order chi connectivity index (χ0) is 13.4.